The van der Waals surface area contributed by atoms with Gasteiger partial charge < -0.3 is 9.73 Å². The molecule has 0 spiro atoms. The number of carbonyl (C=O) groups excluding carboxylic acids is 1. The van der Waals surface area contributed by atoms with Crippen molar-refractivity contribution in [2.24, 2.45) is 0 Å². The highest BCUT2D eigenvalue weighted by atomic mass is 32.2. The van der Waals surface area contributed by atoms with Gasteiger partial charge >= 0.3 is 11.8 Å². The van der Waals surface area contributed by atoms with Gasteiger partial charge in [0.2, 0.25) is 15.9 Å². The Hall–Kier alpha value is -3.08. The number of hydrogen-bond acceptors (Lipinski definition) is 7. The lowest BCUT2D eigenvalue weighted by Crippen LogP contribution is -2.30. The van der Waals surface area contributed by atoms with E-state index in [-0.39, 0.29) is 16.7 Å². The van der Waals surface area contributed by atoms with Crippen LogP contribution in [-0.4, -0.2) is 66.5 Å². The first-order chi connectivity index (χ1) is 17.0. The van der Waals surface area contributed by atoms with Gasteiger partial charge in [0.15, 0.2) is 0 Å². The van der Waals surface area contributed by atoms with Crippen molar-refractivity contribution in [3.05, 3.63) is 66.1 Å². The van der Waals surface area contributed by atoms with Crippen molar-refractivity contribution in [2.75, 3.05) is 32.7 Å². The average Bonchev–Trinajstić information content (AvgIpc) is 3.60. The maximum atomic E-state index is 12.7. The van der Waals surface area contributed by atoms with Gasteiger partial charge in [-0.05, 0) is 55.6 Å². The Morgan fingerprint density at radius 2 is 1.77 bits per heavy atom. The summed E-state index contributed by atoms with van der Waals surface area (Å²) in [6, 6.07) is 16.6. The highest BCUT2D eigenvalue weighted by molar-refractivity contribution is 7.89. The quantitative estimate of drug-likeness (QED) is 0.405. The third kappa shape index (κ3) is 6.33. The van der Waals surface area contributed by atoms with Crippen molar-refractivity contribution >= 4 is 15.9 Å². The second kappa shape index (κ2) is 11.6. The Morgan fingerprint density at radius 1 is 1.06 bits per heavy atom. The van der Waals surface area contributed by atoms with Gasteiger partial charge in [-0.1, -0.05) is 37.3 Å². The summed E-state index contributed by atoms with van der Waals surface area (Å²) in [4.78, 5) is 15.0. The highest BCUT2D eigenvalue weighted by Crippen LogP contribution is 2.24. The van der Waals surface area contributed by atoms with E-state index in [1.807, 2.05) is 18.2 Å². The van der Waals surface area contributed by atoms with Crippen LogP contribution in [0.2, 0.25) is 0 Å². The SMILES string of the molecule is CCN(CCCNC(=O)c1nnc(-c2ccc(S(=O)(=O)N3CCCC3)cc2)o1)Cc1ccccc1. The van der Waals surface area contributed by atoms with Gasteiger partial charge in [0.05, 0.1) is 4.90 Å². The van der Waals surface area contributed by atoms with Crippen molar-refractivity contribution in [2.45, 2.75) is 37.6 Å². The zero-order valence-electron chi connectivity index (χ0n) is 19.9. The monoisotopic (exact) mass is 497 g/mol. The minimum atomic E-state index is -3.49. The predicted molar refractivity (Wildman–Crippen MR) is 132 cm³/mol. The van der Waals surface area contributed by atoms with Gasteiger partial charge in [0.25, 0.3) is 0 Å². The molecule has 186 valence electrons. The fraction of sp³-hybridized carbons (Fsp3) is 0.400. The largest absolute Gasteiger partial charge is 0.412 e. The molecular weight excluding hydrogens is 466 g/mol. The number of rotatable bonds is 11. The van der Waals surface area contributed by atoms with E-state index in [0.717, 1.165) is 38.9 Å². The zero-order chi connectivity index (χ0) is 24.7. The van der Waals surface area contributed by atoms with Crippen LogP contribution < -0.4 is 5.32 Å². The third-order valence-electron chi connectivity index (χ3n) is 6.06. The molecule has 2 heterocycles. The zero-order valence-corrected chi connectivity index (χ0v) is 20.7. The van der Waals surface area contributed by atoms with Crippen molar-refractivity contribution < 1.29 is 17.6 Å². The first-order valence-corrected chi connectivity index (χ1v) is 13.4. The second-order valence-electron chi connectivity index (χ2n) is 8.51. The molecule has 1 amide bonds. The molecule has 0 saturated carbocycles. The summed E-state index contributed by atoms with van der Waals surface area (Å²) in [5, 5.41) is 10.6. The van der Waals surface area contributed by atoms with E-state index in [1.54, 1.807) is 12.1 Å². The number of benzene rings is 2. The van der Waals surface area contributed by atoms with E-state index in [2.05, 4.69) is 39.5 Å². The first-order valence-electron chi connectivity index (χ1n) is 12.0. The molecule has 3 aromatic rings. The molecule has 1 N–H and O–H groups in total. The van der Waals surface area contributed by atoms with E-state index < -0.39 is 15.9 Å². The van der Waals surface area contributed by atoms with Gasteiger partial charge in [-0.3, -0.25) is 9.69 Å². The number of hydrogen-bond donors (Lipinski definition) is 1. The minimum absolute atomic E-state index is 0.120. The molecule has 1 fully saturated rings. The van der Waals surface area contributed by atoms with Crippen LogP contribution in [0.4, 0.5) is 0 Å². The summed E-state index contributed by atoms with van der Waals surface area (Å²) in [7, 11) is -3.49. The average molecular weight is 498 g/mol. The molecule has 1 aromatic heterocycles. The van der Waals surface area contributed by atoms with Crippen LogP contribution in [0, 0.1) is 0 Å². The third-order valence-corrected chi connectivity index (χ3v) is 7.97. The molecule has 2 aromatic carbocycles. The van der Waals surface area contributed by atoms with Gasteiger partial charge in [-0.15, -0.1) is 10.2 Å². The Bertz CT molecular complexity index is 1210. The van der Waals surface area contributed by atoms with E-state index in [4.69, 9.17) is 4.42 Å². The van der Waals surface area contributed by atoms with Crippen LogP contribution in [0.3, 0.4) is 0 Å². The van der Waals surface area contributed by atoms with Crippen LogP contribution >= 0.6 is 0 Å². The normalized spacial score (nSPS) is 14.5. The Balaban J connectivity index is 1.27. The Morgan fingerprint density at radius 3 is 2.46 bits per heavy atom. The van der Waals surface area contributed by atoms with Crippen molar-refractivity contribution in [1.29, 1.82) is 0 Å². The summed E-state index contributed by atoms with van der Waals surface area (Å²) in [6.07, 6.45) is 2.56. The lowest BCUT2D eigenvalue weighted by molar-refractivity contribution is 0.0917. The number of amides is 1. The number of aromatic nitrogens is 2. The number of carbonyl (C=O) groups is 1. The summed E-state index contributed by atoms with van der Waals surface area (Å²) in [5.74, 6) is -0.381. The second-order valence-corrected chi connectivity index (χ2v) is 10.4. The lowest BCUT2D eigenvalue weighted by atomic mass is 10.2. The van der Waals surface area contributed by atoms with Crippen LogP contribution in [-0.2, 0) is 16.6 Å². The molecule has 0 bridgehead atoms. The smallest absolute Gasteiger partial charge is 0.308 e. The molecule has 1 saturated heterocycles. The molecule has 0 radical (unpaired) electrons. The van der Waals surface area contributed by atoms with E-state index in [0.29, 0.717) is 25.2 Å². The van der Waals surface area contributed by atoms with Crippen molar-refractivity contribution in [3.63, 3.8) is 0 Å². The summed E-state index contributed by atoms with van der Waals surface area (Å²) < 4.78 is 32.4. The van der Waals surface area contributed by atoms with Gasteiger partial charge in [-0.2, -0.15) is 4.31 Å². The van der Waals surface area contributed by atoms with Gasteiger partial charge in [0.1, 0.15) is 0 Å². The van der Waals surface area contributed by atoms with Crippen molar-refractivity contribution in [3.8, 4) is 11.5 Å². The highest BCUT2D eigenvalue weighted by Gasteiger charge is 2.27. The first kappa shape index (κ1) is 25.0. The van der Waals surface area contributed by atoms with Gasteiger partial charge in [0, 0.05) is 38.3 Å². The van der Waals surface area contributed by atoms with Gasteiger partial charge in [-0.25, -0.2) is 8.42 Å². The molecule has 1 aliphatic rings. The molecule has 1 aliphatic heterocycles. The fourth-order valence-electron chi connectivity index (χ4n) is 4.05. The maximum absolute atomic E-state index is 12.7. The lowest BCUT2D eigenvalue weighted by Gasteiger charge is -2.20. The van der Waals surface area contributed by atoms with E-state index in [9.17, 15) is 13.2 Å². The Kier molecular flexibility index (Phi) is 8.27. The van der Waals surface area contributed by atoms with Crippen LogP contribution in [0.5, 0.6) is 0 Å². The van der Waals surface area contributed by atoms with Crippen LogP contribution in [0.1, 0.15) is 42.4 Å². The van der Waals surface area contributed by atoms with Crippen LogP contribution in [0.15, 0.2) is 63.9 Å². The van der Waals surface area contributed by atoms with E-state index in [1.165, 1.54) is 22.0 Å². The topological polar surface area (TPSA) is 109 Å². The summed E-state index contributed by atoms with van der Waals surface area (Å²) in [6.45, 7) is 6.37. The molecular formula is C25H31N5O4S. The molecule has 10 heteroatoms. The molecule has 0 atom stereocenters. The Labute approximate surface area is 206 Å². The number of nitrogens with one attached hydrogen (secondary N) is 1. The molecule has 9 nitrogen and oxygen atoms in total. The molecule has 4 rings (SSSR count). The molecule has 35 heavy (non-hydrogen) atoms. The van der Waals surface area contributed by atoms with Crippen LogP contribution in [0.25, 0.3) is 11.5 Å². The fourth-order valence-corrected chi connectivity index (χ4v) is 5.57. The van der Waals surface area contributed by atoms with E-state index >= 15 is 0 Å². The maximum Gasteiger partial charge on any atom is 0.308 e. The van der Waals surface area contributed by atoms with Crippen molar-refractivity contribution in [1.82, 2.24) is 24.7 Å². The summed E-state index contributed by atoms with van der Waals surface area (Å²) >= 11 is 0. The number of sulfonamides is 1. The molecule has 0 unspecified atom stereocenters. The summed E-state index contributed by atoms with van der Waals surface area (Å²) in [5.41, 5.74) is 1.81. The molecule has 0 aliphatic carbocycles. The minimum Gasteiger partial charge on any atom is -0.412 e. The standard InChI is InChI=1S/C25H31N5O4S/c1-2-29(19-20-9-4-3-5-10-20)16-8-15-26-23(31)25-28-27-24(34-25)21-11-13-22(14-12-21)35(32,33)30-17-6-7-18-30/h3-5,9-14H,2,6-8,15-19H2,1H3,(H,26,31). The predicted octanol–water partition coefficient (Wildman–Crippen LogP) is 3.16. The number of nitrogens with zero attached hydrogens (tertiary/aromatic N) is 4.